The molecule has 0 aromatic rings. The lowest BCUT2D eigenvalue weighted by Crippen LogP contribution is -2.06. The molecule has 0 fully saturated rings. The van der Waals surface area contributed by atoms with Crippen molar-refractivity contribution in [2.24, 2.45) is 5.92 Å². The van der Waals surface area contributed by atoms with Gasteiger partial charge in [-0.2, -0.15) is 0 Å². The molecule has 0 nitrogen and oxygen atoms in total. The van der Waals surface area contributed by atoms with Crippen molar-refractivity contribution < 1.29 is 8.78 Å². The minimum atomic E-state index is -0.670. The largest absolute Gasteiger partial charge is 0.246 e. The van der Waals surface area contributed by atoms with Gasteiger partial charge in [0.1, 0.15) is 6.67 Å². The molecular formula is C15H22F2. The summed E-state index contributed by atoms with van der Waals surface area (Å²) in [4.78, 5) is 0. The molecule has 0 saturated carbocycles. The van der Waals surface area contributed by atoms with E-state index in [1.54, 1.807) is 0 Å². The zero-order valence-electron chi connectivity index (χ0n) is 10.8. The SMILES string of the molecule is C/C1=C\CC(/C(=C\F)CF)CC/C(C)=C/CC1. The van der Waals surface area contributed by atoms with Crippen LogP contribution in [0.2, 0.25) is 0 Å². The van der Waals surface area contributed by atoms with Crippen LogP contribution in [0, 0.1) is 5.92 Å². The predicted octanol–water partition coefficient (Wildman–Crippen LogP) is 5.28. The van der Waals surface area contributed by atoms with Gasteiger partial charge in [-0.25, -0.2) is 8.78 Å². The number of hydrogen-bond donors (Lipinski definition) is 0. The van der Waals surface area contributed by atoms with Gasteiger partial charge in [0.15, 0.2) is 0 Å². The average Bonchev–Trinajstić information content (AvgIpc) is 2.32. The van der Waals surface area contributed by atoms with E-state index in [9.17, 15) is 8.78 Å². The van der Waals surface area contributed by atoms with Gasteiger partial charge in [0, 0.05) is 0 Å². The van der Waals surface area contributed by atoms with E-state index in [1.807, 2.05) is 0 Å². The smallest absolute Gasteiger partial charge is 0.113 e. The second-order valence-corrected chi connectivity index (χ2v) is 4.93. The highest BCUT2D eigenvalue weighted by Gasteiger charge is 2.14. The van der Waals surface area contributed by atoms with Crippen LogP contribution in [-0.2, 0) is 0 Å². The molecule has 1 aliphatic carbocycles. The standard InChI is InChI=1S/C15H22F2/c1-12-4-3-5-13(2)7-9-14(8-6-12)15(10-16)11-17/h4,7,10,14H,3,5-6,8-9,11H2,1-2H3/b12-4+,13-7+,15-10-. The van der Waals surface area contributed by atoms with Crippen molar-refractivity contribution in [1.82, 2.24) is 0 Å². The fourth-order valence-electron chi connectivity index (χ4n) is 2.18. The highest BCUT2D eigenvalue weighted by atomic mass is 19.1. The molecule has 0 N–H and O–H groups in total. The van der Waals surface area contributed by atoms with E-state index in [-0.39, 0.29) is 5.92 Å². The Hall–Kier alpha value is -0.920. The summed E-state index contributed by atoms with van der Waals surface area (Å²) >= 11 is 0. The molecule has 1 aliphatic rings. The summed E-state index contributed by atoms with van der Waals surface area (Å²) in [5, 5.41) is 0. The minimum Gasteiger partial charge on any atom is -0.246 e. The Balaban J connectivity index is 2.79. The van der Waals surface area contributed by atoms with E-state index in [0.29, 0.717) is 11.9 Å². The first-order valence-electron chi connectivity index (χ1n) is 6.33. The molecule has 0 amide bonds. The van der Waals surface area contributed by atoms with Crippen molar-refractivity contribution in [3.63, 3.8) is 0 Å². The summed E-state index contributed by atoms with van der Waals surface area (Å²) < 4.78 is 25.3. The van der Waals surface area contributed by atoms with Crippen molar-refractivity contribution in [3.8, 4) is 0 Å². The Kier molecular flexibility index (Phi) is 6.17. The summed E-state index contributed by atoms with van der Waals surface area (Å²) in [6, 6.07) is 0. The molecule has 0 spiro atoms. The Morgan fingerprint density at radius 2 is 2.00 bits per heavy atom. The molecule has 2 heteroatoms. The average molecular weight is 240 g/mol. The van der Waals surface area contributed by atoms with Crippen LogP contribution >= 0.6 is 0 Å². The fraction of sp³-hybridized carbons (Fsp3) is 0.600. The molecule has 0 saturated heterocycles. The zero-order chi connectivity index (χ0) is 12.7. The van der Waals surface area contributed by atoms with E-state index >= 15 is 0 Å². The highest BCUT2D eigenvalue weighted by molar-refractivity contribution is 5.12. The molecule has 0 bridgehead atoms. The van der Waals surface area contributed by atoms with Gasteiger partial charge >= 0.3 is 0 Å². The van der Waals surface area contributed by atoms with Crippen molar-refractivity contribution >= 4 is 0 Å². The molecule has 0 aromatic heterocycles. The zero-order valence-corrected chi connectivity index (χ0v) is 10.8. The Morgan fingerprint density at radius 3 is 2.65 bits per heavy atom. The molecule has 1 rings (SSSR count). The van der Waals surface area contributed by atoms with Gasteiger partial charge < -0.3 is 0 Å². The van der Waals surface area contributed by atoms with Crippen LogP contribution in [0.5, 0.6) is 0 Å². The van der Waals surface area contributed by atoms with E-state index in [4.69, 9.17) is 0 Å². The maximum atomic E-state index is 12.7. The van der Waals surface area contributed by atoms with Gasteiger partial charge in [-0.05, 0) is 57.4 Å². The van der Waals surface area contributed by atoms with Gasteiger partial charge in [-0.1, -0.05) is 23.3 Å². The lowest BCUT2D eigenvalue weighted by Gasteiger charge is -2.18. The van der Waals surface area contributed by atoms with Crippen LogP contribution in [0.1, 0.15) is 46.0 Å². The number of allylic oxidation sites excluding steroid dienone is 5. The first-order valence-corrected chi connectivity index (χ1v) is 6.33. The Labute approximate surface area is 103 Å². The third-order valence-electron chi connectivity index (χ3n) is 3.49. The quantitative estimate of drug-likeness (QED) is 0.576. The third-order valence-corrected chi connectivity index (χ3v) is 3.49. The summed E-state index contributed by atoms with van der Waals surface area (Å²) in [5.74, 6) is 0.0152. The number of hydrogen-bond acceptors (Lipinski definition) is 0. The maximum absolute atomic E-state index is 12.7. The normalized spacial score (nSPS) is 30.1. The first-order chi connectivity index (χ1) is 8.17. The molecule has 1 atom stereocenters. The lowest BCUT2D eigenvalue weighted by atomic mass is 9.88. The molecule has 1 unspecified atom stereocenters. The van der Waals surface area contributed by atoms with Crippen LogP contribution in [0.15, 0.2) is 35.2 Å². The summed E-state index contributed by atoms with van der Waals surface area (Å²) in [5.41, 5.74) is 2.96. The molecule has 0 radical (unpaired) electrons. The topological polar surface area (TPSA) is 0 Å². The van der Waals surface area contributed by atoms with Crippen LogP contribution in [0.4, 0.5) is 8.78 Å². The maximum Gasteiger partial charge on any atom is 0.113 e. The van der Waals surface area contributed by atoms with Crippen LogP contribution in [0.25, 0.3) is 0 Å². The first kappa shape index (κ1) is 14.1. The Morgan fingerprint density at radius 1 is 1.29 bits per heavy atom. The van der Waals surface area contributed by atoms with E-state index in [0.717, 1.165) is 32.1 Å². The van der Waals surface area contributed by atoms with Crippen molar-refractivity contribution in [2.75, 3.05) is 6.67 Å². The number of halogens is 2. The molecule has 0 aliphatic heterocycles. The van der Waals surface area contributed by atoms with Crippen LogP contribution in [0.3, 0.4) is 0 Å². The predicted molar refractivity (Wildman–Crippen MR) is 69.3 cm³/mol. The number of rotatable bonds is 2. The highest BCUT2D eigenvalue weighted by Crippen LogP contribution is 2.27. The monoisotopic (exact) mass is 240 g/mol. The minimum absolute atomic E-state index is 0.0152. The summed E-state index contributed by atoms with van der Waals surface area (Å²) in [7, 11) is 0. The second kappa shape index (κ2) is 7.41. The molecule has 0 heterocycles. The Bertz CT molecular complexity index is 324. The van der Waals surface area contributed by atoms with Gasteiger partial charge in [0.2, 0.25) is 0 Å². The lowest BCUT2D eigenvalue weighted by molar-refractivity contribution is 0.453. The van der Waals surface area contributed by atoms with E-state index in [1.165, 1.54) is 11.1 Å². The van der Waals surface area contributed by atoms with Gasteiger partial charge in [0.05, 0.1) is 6.33 Å². The summed E-state index contributed by atoms with van der Waals surface area (Å²) in [6.07, 6.45) is 9.51. The van der Waals surface area contributed by atoms with Crippen molar-refractivity contribution in [2.45, 2.75) is 46.0 Å². The summed E-state index contributed by atoms with van der Waals surface area (Å²) in [6.45, 7) is 3.53. The third kappa shape index (κ3) is 4.84. The molecule has 96 valence electrons. The van der Waals surface area contributed by atoms with Gasteiger partial charge in [0.25, 0.3) is 0 Å². The fourth-order valence-corrected chi connectivity index (χ4v) is 2.18. The van der Waals surface area contributed by atoms with Crippen LogP contribution in [-0.4, -0.2) is 6.67 Å². The van der Waals surface area contributed by atoms with Crippen molar-refractivity contribution in [1.29, 1.82) is 0 Å². The molecule has 0 aromatic carbocycles. The second-order valence-electron chi connectivity index (χ2n) is 4.93. The van der Waals surface area contributed by atoms with Crippen LogP contribution < -0.4 is 0 Å². The molecule has 17 heavy (non-hydrogen) atoms. The van der Waals surface area contributed by atoms with E-state index in [2.05, 4.69) is 26.0 Å². The van der Waals surface area contributed by atoms with E-state index < -0.39 is 6.67 Å². The van der Waals surface area contributed by atoms with Gasteiger partial charge in [-0.15, -0.1) is 0 Å². The van der Waals surface area contributed by atoms with Crippen molar-refractivity contribution in [3.05, 3.63) is 35.2 Å². The van der Waals surface area contributed by atoms with Gasteiger partial charge in [-0.3, -0.25) is 0 Å². The molecular weight excluding hydrogens is 218 g/mol. The number of alkyl halides is 1.